The van der Waals surface area contributed by atoms with Crippen molar-refractivity contribution in [2.75, 3.05) is 44.7 Å². The Morgan fingerprint density at radius 2 is 1.93 bits per heavy atom. The molecule has 2 aliphatic heterocycles. The number of fused-ring (bicyclic) bond motifs is 1. The van der Waals surface area contributed by atoms with Crippen LogP contribution in [0, 0.1) is 18.3 Å². The molecule has 1 saturated carbocycles. The first-order valence-corrected chi connectivity index (χ1v) is 16.1. The molecule has 3 unspecified atom stereocenters. The van der Waals surface area contributed by atoms with Crippen LogP contribution in [0.4, 0.5) is 5.82 Å². The van der Waals surface area contributed by atoms with Crippen LogP contribution in [0.15, 0.2) is 12.3 Å². The first-order chi connectivity index (χ1) is 19.2. The molecule has 0 radical (unpaired) electrons. The second-order valence-electron chi connectivity index (χ2n) is 13.6. The zero-order valence-electron chi connectivity index (χ0n) is 25.6. The van der Waals surface area contributed by atoms with Gasteiger partial charge in [-0.15, -0.1) is 0 Å². The third-order valence-electron chi connectivity index (χ3n) is 9.91. The third-order valence-corrected chi connectivity index (χ3v) is 9.91. The average Bonchev–Trinajstić information content (AvgIpc) is 3.48. The fraction of sp³-hybridized carbons (Fsp3) is 0.781. The Balaban J connectivity index is 1.21. The first kappa shape index (κ1) is 29.3. The smallest absolute Gasteiger partial charge is 0.227 e. The van der Waals surface area contributed by atoms with E-state index in [2.05, 4.69) is 54.8 Å². The standard InChI is InChI=1S/C32H53N7O/c1-24-22-39-29(34-30(24)37-19-13-26(33)23-37)20-27(35-39)28-12-7-10-18-38(28)31(40)25(2)21-36(4)17-11-16-32(3)14-8-5-6-9-15-32/h20,22,25-26,28H,5-19,21,23,33H2,1-4H3. The van der Waals surface area contributed by atoms with Gasteiger partial charge in [0.05, 0.1) is 11.7 Å². The van der Waals surface area contributed by atoms with Gasteiger partial charge in [0.15, 0.2) is 5.65 Å². The SMILES string of the molecule is Cc1cn2nc(C3CCCCN3C(=O)C(C)CN(C)CCCC3(C)CCCCCC3)cc2nc1N1CCC(N)C1. The van der Waals surface area contributed by atoms with Gasteiger partial charge < -0.3 is 20.4 Å². The monoisotopic (exact) mass is 551 g/mol. The highest BCUT2D eigenvalue weighted by Gasteiger charge is 2.33. The van der Waals surface area contributed by atoms with Crippen molar-refractivity contribution in [1.82, 2.24) is 24.4 Å². The molecule has 5 rings (SSSR count). The molecule has 1 amide bonds. The van der Waals surface area contributed by atoms with E-state index in [0.717, 1.165) is 81.1 Å². The fourth-order valence-corrected chi connectivity index (χ4v) is 7.51. The third kappa shape index (κ3) is 6.81. The fourth-order valence-electron chi connectivity index (χ4n) is 7.51. The van der Waals surface area contributed by atoms with Gasteiger partial charge in [0.2, 0.25) is 5.91 Å². The normalized spacial score (nSPS) is 24.6. The van der Waals surface area contributed by atoms with E-state index in [-0.39, 0.29) is 23.9 Å². The predicted molar refractivity (Wildman–Crippen MR) is 163 cm³/mol. The zero-order chi connectivity index (χ0) is 28.3. The van der Waals surface area contributed by atoms with Gasteiger partial charge in [-0.1, -0.05) is 39.5 Å². The summed E-state index contributed by atoms with van der Waals surface area (Å²) in [6, 6.07) is 2.33. The number of carbonyl (C=O) groups excluding carboxylic acids is 1. The largest absolute Gasteiger partial charge is 0.355 e. The van der Waals surface area contributed by atoms with Crippen molar-refractivity contribution in [1.29, 1.82) is 0 Å². The number of nitrogens with zero attached hydrogens (tertiary/aromatic N) is 6. The summed E-state index contributed by atoms with van der Waals surface area (Å²) in [6.45, 7) is 11.2. The lowest BCUT2D eigenvalue weighted by molar-refractivity contribution is -0.139. The van der Waals surface area contributed by atoms with E-state index in [1.807, 2.05) is 4.52 Å². The van der Waals surface area contributed by atoms with Gasteiger partial charge in [0.25, 0.3) is 0 Å². The number of piperidine rings is 1. The van der Waals surface area contributed by atoms with E-state index < -0.39 is 0 Å². The van der Waals surface area contributed by atoms with Gasteiger partial charge in [-0.05, 0) is 77.3 Å². The number of carbonyl (C=O) groups is 1. The summed E-state index contributed by atoms with van der Waals surface area (Å²) in [5, 5.41) is 4.94. The Labute approximate surface area is 241 Å². The minimum atomic E-state index is -0.0255. The lowest BCUT2D eigenvalue weighted by Gasteiger charge is -2.37. The lowest BCUT2D eigenvalue weighted by atomic mass is 9.78. The number of anilines is 1. The van der Waals surface area contributed by atoms with Crippen molar-refractivity contribution >= 4 is 17.4 Å². The van der Waals surface area contributed by atoms with Crippen LogP contribution in [-0.4, -0.2) is 76.1 Å². The molecule has 4 heterocycles. The number of nitrogens with two attached hydrogens (primary N) is 1. The van der Waals surface area contributed by atoms with E-state index in [1.165, 1.54) is 51.4 Å². The second kappa shape index (κ2) is 12.8. The van der Waals surface area contributed by atoms with Gasteiger partial charge in [-0.25, -0.2) is 9.50 Å². The molecule has 0 aromatic carbocycles. The number of hydrogen-bond donors (Lipinski definition) is 1. The van der Waals surface area contributed by atoms with Crippen LogP contribution in [-0.2, 0) is 4.79 Å². The summed E-state index contributed by atoms with van der Waals surface area (Å²) in [6.07, 6.45) is 17.1. The number of amides is 1. The molecule has 2 aromatic rings. The molecule has 8 nitrogen and oxygen atoms in total. The number of aromatic nitrogens is 3. The molecule has 0 spiro atoms. The van der Waals surface area contributed by atoms with Gasteiger partial charge in [-0.2, -0.15) is 5.10 Å². The summed E-state index contributed by atoms with van der Waals surface area (Å²) in [4.78, 5) is 25.6. The van der Waals surface area contributed by atoms with Crippen molar-refractivity contribution in [3.8, 4) is 0 Å². The summed E-state index contributed by atoms with van der Waals surface area (Å²) < 4.78 is 1.90. The van der Waals surface area contributed by atoms with Crippen LogP contribution in [0.25, 0.3) is 5.65 Å². The zero-order valence-corrected chi connectivity index (χ0v) is 25.6. The average molecular weight is 552 g/mol. The van der Waals surface area contributed by atoms with E-state index >= 15 is 0 Å². The summed E-state index contributed by atoms with van der Waals surface area (Å²) >= 11 is 0. The molecule has 3 aliphatic rings. The van der Waals surface area contributed by atoms with Crippen molar-refractivity contribution in [3.63, 3.8) is 0 Å². The topological polar surface area (TPSA) is 83.0 Å². The Hall–Kier alpha value is -2.19. The van der Waals surface area contributed by atoms with Crippen LogP contribution in [0.3, 0.4) is 0 Å². The van der Waals surface area contributed by atoms with Crippen LogP contribution in [0.1, 0.15) is 108 Å². The summed E-state index contributed by atoms with van der Waals surface area (Å²) in [7, 11) is 2.19. The number of hydrogen-bond acceptors (Lipinski definition) is 6. The molecule has 222 valence electrons. The van der Waals surface area contributed by atoms with E-state index in [4.69, 9.17) is 15.8 Å². The molecule has 2 aromatic heterocycles. The quantitative estimate of drug-likeness (QED) is 0.424. The van der Waals surface area contributed by atoms with Crippen LogP contribution in [0.5, 0.6) is 0 Å². The second-order valence-corrected chi connectivity index (χ2v) is 13.6. The highest BCUT2D eigenvalue weighted by atomic mass is 16.2. The van der Waals surface area contributed by atoms with Gasteiger partial charge in [-0.3, -0.25) is 4.79 Å². The number of likely N-dealkylation sites (tertiary alicyclic amines) is 1. The molecule has 3 atom stereocenters. The molecule has 8 heteroatoms. The molecular weight excluding hydrogens is 498 g/mol. The first-order valence-electron chi connectivity index (χ1n) is 16.1. The molecule has 3 fully saturated rings. The Morgan fingerprint density at radius 3 is 2.65 bits per heavy atom. The van der Waals surface area contributed by atoms with Crippen LogP contribution < -0.4 is 10.6 Å². The maximum Gasteiger partial charge on any atom is 0.227 e. The summed E-state index contributed by atoms with van der Waals surface area (Å²) in [5.41, 5.74) is 9.60. The minimum Gasteiger partial charge on any atom is -0.355 e. The van der Waals surface area contributed by atoms with Crippen molar-refractivity contribution in [2.45, 2.75) is 110 Å². The van der Waals surface area contributed by atoms with E-state index in [9.17, 15) is 4.79 Å². The Kier molecular flexibility index (Phi) is 9.35. The molecule has 1 aliphatic carbocycles. The maximum absolute atomic E-state index is 13.8. The molecule has 2 saturated heterocycles. The van der Waals surface area contributed by atoms with Gasteiger partial charge in [0, 0.05) is 56.0 Å². The van der Waals surface area contributed by atoms with Gasteiger partial charge in [0.1, 0.15) is 5.82 Å². The van der Waals surface area contributed by atoms with Crippen molar-refractivity contribution in [3.05, 3.63) is 23.5 Å². The van der Waals surface area contributed by atoms with Crippen LogP contribution >= 0.6 is 0 Å². The Bertz CT molecular complexity index is 1140. The van der Waals surface area contributed by atoms with Crippen LogP contribution in [0.2, 0.25) is 0 Å². The van der Waals surface area contributed by atoms with Gasteiger partial charge >= 0.3 is 0 Å². The molecule has 40 heavy (non-hydrogen) atoms. The molecular formula is C32H53N7O. The summed E-state index contributed by atoms with van der Waals surface area (Å²) in [5.74, 6) is 1.25. The maximum atomic E-state index is 13.8. The predicted octanol–water partition coefficient (Wildman–Crippen LogP) is 5.34. The molecule has 0 bridgehead atoms. The van der Waals surface area contributed by atoms with Crippen molar-refractivity contribution < 1.29 is 4.79 Å². The highest BCUT2D eigenvalue weighted by molar-refractivity contribution is 5.79. The highest BCUT2D eigenvalue weighted by Crippen LogP contribution is 2.38. The number of aryl methyl sites for hydroxylation is 1. The minimum absolute atomic E-state index is 0.0230. The van der Waals surface area contributed by atoms with E-state index in [0.29, 0.717) is 5.41 Å². The lowest BCUT2D eigenvalue weighted by Crippen LogP contribution is -2.44. The Morgan fingerprint density at radius 1 is 1.15 bits per heavy atom. The molecule has 2 N–H and O–H groups in total. The van der Waals surface area contributed by atoms with Crippen molar-refractivity contribution in [2.24, 2.45) is 17.1 Å². The van der Waals surface area contributed by atoms with E-state index in [1.54, 1.807) is 0 Å². The number of rotatable bonds is 9.